The number of nitrogens with one attached hydrogen (secondary N) is 1. The quantitative estimate of drug-likeness (QED) is 0.889. The number of nitrogens with zero attached hydrogens (tertiary/aromatic N) is 3. The lowest BCUT2D eigenvalue weighted by molar-refractivity contribution is 0.420. The highest BCUT2D eigenvalue weighted by Gasteiger charge is 2.22. The number of H-pyrrole nitrogens is 1. The second-order valence-corrected chi connectivity index (χ2v) is 6.15. The van der Waals surface area contributed by atoms with Gasteiger partial charge in [0.25, 0.3) is 0 Å². The van der Waals surface area contributed by atoms with Gasteiger partial charge in [0.05, 0.1) is 0 Å². The van der Waals surface area contributed by atoms with Crippen molar-refractivity contribution in [2.45, 2.75) is 12.8 Å². The topological polar surface area (TPSA) is 70.8 Å². The largest absolute Gasteiger partial charge is 0.339 e. The Morgan fingerprint density at radius 1 is 1.48 bits per heavy atom. The molecule has 1 fully saturated rings. The van der Waals surface area contributed by atoms with Gasteiger partial charge in [0.2, 0.25) is 5.95 Å². The van der Waals surface area contributed by atoms with Gasteiger partial charge in [-0.2, -0.15) is 4.98 Å². The van der Waals surface area contributed by atoms with Crippen molar-refractivity contribution in [3.8, 4) is 11.4 Å². The molecule has 1 aliphatic heterocycles. The van der Waals surface area contributed by atoms with Crippen molar-refractivity contribution in [2.75, 3.05) is 24.5 Å². The second kappa shape index (κ2) is 6.11. The predicted octanol–water partition coefficient (Wildman–Crippen LogP) is 2.55. The number of aromatic nitrogens is 3. The van der Waals surface area contributed by atoms with E-state index in [2.05, 4.69) is 36.0 Å². The second-order valence-electron chi connectivity index (χ2n) is 5.30. The fourth-order valence-corrected chi connectivity index (χ4v) is 3.07. The van der Waals surface area contributed by atoms with Crippen molar-refractivity contribution in [1.29, 1.82) is 0 Å². The van der Waals surface area contributed by atoms with Gasteiger partial charge in [-0.05, 0) is 43.5 Å². The number of anilines is 1. The van der Waals surface area contributed by atoms with Gasteiger partial charge in [-0.25, -0.2) is 4.39 Å². The van der Waals surface area contributed by atoms with E-state index in [0.29, 0.717) is 29.8 Å². The Kier molecular flexibility index (Phi) is 4.21. The number of aromatic amines is 1. The normalized spacial score (nSPS) is 19.0. The van der Waals surface area contributed by atoms with E-state index in [4.69, 9.17) is 5.73 Å². The molecule has 2 aromatic rings. The molecule has 5 nitrogen and oxygen atoms in total. The minimum absolute atomic E-state index is 0.299. The van der Waals surface area contributed by atoms with E-state index in [-0.39, 0.29) is 5.82 Å². The van der Waals surface area contributed by atoms with Crippen molar-refractivity contribution < 1.29 is 4.39 Å². The maximum atomic E-state index is 13.4. The number of rotatable bonds is 3. The lowest BCUT2D eigenvalue weighted by Crippen LogP contribution is -2.38. The van der Waals surface area contributed by atoms with E-state index in [9.17, 15) is 4.39 Å². The van der Waals surface area contributed by atoms with Crippen LogP contribution in [0, 0.1) is 11.7 Å². The molecule has 21 heavy (non-hydrogen) atoms. The van der Waals surface area contributed by atoms with Crippen molar-refractivity contribution in [1.82, 2.24) is 15.2 Å². The molecule has 0 bridgehead atoms. The van der Waals surface area contributed by atoms with Crippen molar-refractivity contribution >= 4 is 21.9 Å². The van der Waals surface area contributed by atoms with Crippen LogP contribution in [0.3, 0.4) is 0 Å². The third-order valence-electron chi connectivity index (χ3n) is 3.79. The first kappa shape index (κ1) is 14.5. The van der Waals surface area contributed by atoms with Gasteiger partial charge in [0.15, 0.2) is 5.82 Å². The summed E-state index contributed by atoms with van der Waals surface area (Å²) in [5.74, 6) is 1.40. The highest BCUT2D eigenvalue weighted by atomic mass is 79.9. The van der Waals surface area contributed by atoms with Gasteiger partial charge in [0.1, 0.15) is 5.82 Å². The van der Waals surface area contributed by atoms with Gasteiger partial charge in [0, 0.05) is 23.1 Å². The SMILES string of the molecule is NCC1CCCN(c2n[nH]c(-c3cc(F)ccc3Br)n2)C1. The first-order valence-corrected chi connectivity index (χ1v) is 7.79. The van der Waals surface area contributed by atoms with E-state index in [1.807, 2.05) is 0 Å². The molecule has 2 heterocycles. The Bertz CT molecular complexity index is 630. The minimum Gasteiger partial charge on any atom is -0.339 e. The van der Waals surface area contributed by atoms with E-state index < -0.39 is 0 Å². The molecule has 0 spiro atoms. The number of hydrogen-bond donors (Lipinski definition) is 2. The first-order chi connectivity index (χ1) is 10.2. The van der Waals surface area contributed by atoms with Crippen LogP contribution in [0.2, 0.25) is 0 Å². The molecule has 1 saturated heterocycles. The Morgan fingerprint density at radius 3 is 3.14 bits per heavy atom. The average Bonchev–Trinajstić information content (AvgIpc) is 2.99. The molecule has 0 radical (unpaired) electrons. The highest BCUT2D eigenvalue weighted by Crippen LogP contribution is 2.28. The Morgan fingerprint density at radius 2 is 2.33 bits per heavy atom. The van der Waals surface area contributed by atoms with Gasteiger partial charge in [-0.3, -0.25) is 5.10 Å². The zero-order valence-corrected chi connectivity index (χ0v) is 13.1. The van der Waals surface area contributed by atoms with E-state index in [1.54, 1.807) is 6.07 Å². The number of nitrogens with two attached hydrogens (primary N) is 1. The summed E-state index contributed by atoms with van der Waals surface area (Å²) < 4.78 is 14.2. The molecule has 3 N–H and O–H groups in total. The lowest BCUT2D eigenvalue weighted by Gasteiger charge is -2.31. The summed E-state index contributed by atoms with van der Waals surface area (Å²) in [5, 5.41) is 7.15. The summed E-state index contributed by atoms with van der Waals surface area (Å²) >= 11 is 3.41. The molecular formula is C14H17BrFN5. The lowest BCUT2D eigenvalue weighted by atomic mass is 9.99. The summed E-state index contributed by atoms with van der Waals surface area (Å²) in [7, 11) is 0. The summed E-state index contributed by atoms with van der Waals surface area (Å²) in [4.78, 5) is 6.63. The predicted molar refractivity (Wildman–Crippen MR) is 83.5 cm³/mol. The third kappa shape index (κ3) is 3.08. The number of benzene rings is 1. The molecule has 1 unspecified atom stereocenters. The zero-order chi connectivity index (χ0) is 14.8. The fraction of sp³-hybridized carbons (Fsp3) is 0.429. The monoisotopic (exact) mass is 353 g/mol. The summed E-state index contributed by atoms with van der Waals surface area (Å²) in [5.41, 5.74) is 6.42. The smallest absolute Gasteiger partial charge is 0.245 e. The molecule has 0 aliphatic carbocycles. The van der Waals surface area contributed by atoms with Crippen LogP contribution < -0.4 is 10.6 Å². The van der Waals surface area contributed by atoms with Crippen LogP contribution in [-0.2, 0) is 0 Å². The summed E-state index contributed by atoms with van der Waals surface area (Å²) in [6.45, 7) is 2.49. The maximum Gasteiger partial charge on any atom is 0.245 e. The number of hydrogen-bond acceptors (Lipinski definition) is 4. The number of halogens is 2. The highest BCUT2D eigenvalue weighted by molar-refractivity contribution is 9.10. The van der Waals surface area contributed by atoms with Gasteiger partial charge < -0.3 is 10.6 Å². The minimum atomic E-state index is -0.299. The molecule has 0 saturated carbocycles. The molecule has 1 aromatic carbocycles. The molecule has 7 heteroatoms. The average molecular weight is 354 g/mol. The molecule has 112 valence electrons. The van der Waals surface area contributed by atoms with Crippen LogP contribution in [0.5, 0.6) is 0 Å². The molecule has 0 amide bonds. The van der Waals surface area contributed by atoms with Crippen molar-refractivity contribution in [2.24, 2.45) is 11.7 Å². The fourth-order valence-electron chi connectivity index (χ4n) is 2.63. The molecular weight excluding hydrogens is 337 g/mol. The Labute approximate surface area is 130 Å². The van der Waals surface area contributed by atoms with Gasteiger partial charge in [-0.15, -0.1) is 5.10 Å². The molecule has 1 aromatic heterocycles. The zero-order valence-electron chi connectivity index (χ0n) is 11.5. The summed E-state index contributed by atoms with van der Waals surface area (Å²) in [6.07, 6.45) is 2.25. The Balaban J connectivity index is 1.84. The Hall–Kier alpha value is -1.47. The van der Waals surface area contributed by atoms with Crippen LogP contribution in [0.25, 0.3) is 11.4 Å². The number of piperidine rings is 1. The van der Waals surface area contributed by atoms with Crippen LogP contribution in [-0.4, -0.2) is 34.8 Å². The molecule has 1 aliphatic rings. The summed E-state index contributed by atoms with van der Waals surface area (Å²) in [6, 6.07) is 4.51. The van der Waals surface area contributed by atoms with Gasteiger partial charge in [-0.1, -0.05) is 15.9 Å². The van der Waals surface area contributed by atoms with E-state index >= 15 is 0 Å². The van der Waals surface area contributed by atoms with Crippen LogP contribution in [0.15, 0.2) is 22.7 Å². The van der Waals surface area contributed by atoms with E-state index in [0.717, 1.165) is 30.4 Å². The third-order valence-corrected chi connectivity index (χ3v) is 4.48. The van der Waals surface area contributed by atoms with Crippen LogP contribution in [0.4, 0.5) is 10.3 Å². The van der Waals surface area contributed by atoms with E-state index in [1.165, 1.54) is 12.1 Å². The van der Waals surface area contributed by atoms with Crippen LogP contribution in [0.1, 0.15) is 12.8 Å². The standard InChI is InChI=1S/C14H17BrFN5/c15-12-4-3-10(16)6-11(12)13-18-14(20-19-13)21-5-1-2-9(7-17)8-21/h3-4,6,9H,1-2,5,7-8,17H2,(H,18,19,20). The first-order valence-electron chi connectivity index (χ1n) is 7.00. The molecule has 3 rings (SSSR count). The maximum absolute atomic E-state index is 13.4. The van der Waals surface area contributed by atoms with Crippen LogP contribution >= 0.6 is 15.9 Å². The molecule has 1 atom stereocenters. The van der Waals surface area contributed by atoms with Crippen molar-refractivity contribution in [3.63, 3.8) is 0 Å². The van der Waals surface area contributed by atoms with Gasteiger partial charge >= 0.3 is 0 Å². The van der Waals surface area contributed by atoms with Crippen molar-refractivity contribution in [3.05, 3.63) is 28.5 Å².